The van der Waals surface area contributed by atoms with Crippen molar-refractivity contribution < 1.29 is 0 Å². The summed E-state index contributed by atoms with van der Waals surface area (Å²) in [5.74, 6) is 0. The highest BCUT2D eigenvalue weighted by Crippen LogP contribution is 2.64. The van der Waals surface area contributed by atoms with Crippen LogP contribution in [0.25, 0.3) is 33.4 Å². The number of hydrogen-bond donors (Lipinski definition) is 0. The van der Waals surface area contributed by atoms with Crippen molar-refractivity contribution in [3.8, 4) is 22.3 Å². The number of benzene rings is 6. The molecule has 0 aliphatic heterocycles. The van der Waals surface area contributed by atoms with E-state index >= 15 is 0 Å². The van der Waals surface area contributed by atoms with Gasteiger partial charge in [-0.05, 0) is 123 Å². The molecule has 0 saturated carbocycles. The van der Waals surface area contributed by atoms with Crippen molar-refractivity contribution in [1.82, 2.24) is 4.90 Å². The Morgan fingerprint density at radius 2 is 0.552 bits per heavy atom. The molecule has 58 heavy (non-hydrogen) atoms. The summed E-state index contributed by atoms with van der Waals surface area (Å²) >= 11 is 0. The predicted octanol–water partition coefficient (Wildman–Crippen LogP) is 13.8. The van der Waals surface area contributed by atoms with Gasteiger partial charge in [0.05, 0.1) is 10.8 Å². The van der Waals surface area contributed by atoms with Crippen molar-refractivity contribution in [1.29, 1.82) is 0 Å². The van der Waals surface area contributed by atoms with Crippen molar-refractivity contribution in [3.63, 3.8) is 0 Å². The zero-order valence-corrected chi connectivity index (χ0v) is 34.3. The molecule has 0 atom stereocenters. The van der Waals surface area contributed by atoms with Crippen LogP contribution in [-0.4, -0.2) is 26.0 Å². The van der Waals surface area contributed by atoms with E-state index in [1.54, 1.807) is 0 Å². The molecule has 0 heterocycles. The SMILES string of the molecule is C1=CC2=C(C=CC1)C1(c3ccccc32)c2ccccc2-c2ccccc21.C1=CC2=C(C=CC1)C1(c3ccccc32)c2ccccc2-c2ccccc21.CC.CN(C)C. The van der Waals surface area contributed by atoms with E-state index in [4.69, 9.17) is 0 Å². The summed E-state index contributed by atoms with van der Waals surface area (Å²) in [6.07, 6.45) is 20.5. The second-order valence-electron chi connectivity index (χ2n) is 15.9. The monoisotopic (exact) mass is 749 g/mol. The Hall–Kier alpha value is -6.28. The Balaban J connectivity index is 0.000000133. The standard InChI is InChI=1S/2C26H18.C3H9N.C2H6/c2*1-2-10-18-19-11-4-7-15-23(19)26(22(18)14-3-1)24-16-8-5-12-20(24)21-13-6-9-17-25(21)26;1-4(2)3;1-2/h2*2-17H,1H2;1-3H3;1-2H3. The molecule has 2 spiro atoms. The number of rotatable bonds is 0. The Labute approximate surface area is 345 Å². The molecule has 0 bridgehead atoms. The van der Waals surface area contributed by atoms with Gasteiger partial charge in [-0.1, -0.05) is 208 Å². The summed E-state index contributed by atoms with van der Waals surface area (Å²) in [6, 6.07) is 53.7. The van der Waals surface area contributed by atoms with E-state index in [2.05, 4.69) is 194 Å². The molecule has 0 unspecified atom stereocenters. The smallest absolute Gasteiger partial charge is 0.0725 e. The van der Waals surface area contributed by atoms with Gasteiger partial charge in [-0.15, -0.1) is 0 Å². The van der Waals surface area contributed by atoms with Crippen LogP contribution in [0.3, 0.4) is 0 Å². The van der Waals surface area contributed by atoms with E-state index in [0.717, 1.165) is 12.8 Å². The molecule has 6 aliphatic carbocycles. The van der Waals surface area contributed by atoms with Crippen LogP contribution >= 0.6 is 0 Å². The molecule has 1 nitrogen and oxygen atoms in total. The zero-order valence-electron chi connectivity index (χ0n) is 34.3. The number of allylic oxidation sites excluding steroid dienone is 12. The van der Waals surface area contributed by atoms with Gasteiger partial charge in [0.15, 0.2) is 0 Å². The second kappa shape index (κ2) is 15.2. The maximum Gasteiger partial charge on any atom is 0.0725 e. The largest absolute Gasteiger partial charge is 0.312 e. The fourth-order valence-electron chi connectivity index (χ4n) is 10.4. The molecule has 6 aliphatic rings. The zero-order chi connectivity index (χ0) is 39.9. The number of fused-ring (bicyclic) bond motifs is 18. The van der Waals surface area contributed by atoms with Crippen LogP contribution in [0, 0.1) is 0 Å². The minimum Gasteiger partial charge on any atom is -0.312 e. The van der Waals surface area contributed by atoms with Crippen LogP contribution < -0.4 is 0 Å². The first-order valence-electron chi connectivity index (χ1n) is 20.9. The molecule has 6 aromatic carbocycles. The first-order chi connectivity index (χ1) is 28.6. The highest BCUT2D eigenvalue weighted by Gasteiger charge is 2.53. The third kappa shape index (κ3) is 5.41. The topological polar surface area (TPSA) is 3.24 Å². The maximum atomic E-state index is 2.37. The Morgan fingerprint density at radius 1 is 0.328 bits per heavy atom. The quantitative estimate of drug-likeness (QED) is 0.149. The summed E-state index contributed by atoms with van der Waals surface area (Å²) in [4.78, 5) is 2.00. The van der Waals surface area contributed by atoms with E-state index in [0.29, 0.717) is 0 Å². The van der Waals surface area contributed by atoms with Gasteiger partial charge >= 0.3 is 0 Å². The number of hydrogen-bond acceptors (Lipinski definition) is 1. The maximum absolute atomic E-state index is 2.37. The van der Waals surface area contributed by atoms with Crippen LogP contribution in [0.2, 0.25) is 0 Å². The van der Waals surface area contributed by atoms with Crippen LogP contribution in [0.1, 0.15) is 71.2 Å². The normalized spacial score (nSPS) is 16.6. The molecule has 0 amide bonds. The summed E-state index contributed by atoms with van der Waals surface area (Å²) in [5, 5.41) is 0. The summed E-state index contributed by atoms with van der Waals surface area (Å²) in [5.41, 5.74) is 21.9. The average Bonchev–Trinajstić information content (AvgIpc) is 3.74. The van der Waals surface area contributed by atoms with Gasteiger partial charge in [0, 0.05) is 0 Å². The van der Waals surface area contributed by atoms with E-state index in [1.807, 2.05) is 39.9 Å². The highest BCUT2D eigenvalue weighted by atomic mass is 15.0. The van der Waals surface area contributed by atoms with Gasteiger partial charge < -0.3 is 4.90 Å². The molecule has 0 saturated heterocycles. The van der Waals surface area contributed by atoms with Gasteiger partial charge in [0.2, 0.25) is 0 Å². The molecular weight excluding hydrogens is 699 g/mol. The number of nitrogens with zero attached hydrogens (tertiary/aromatic N) is 1. The van der Waals surface area contributed by atoms with Gasteiger partial charge in [-0.3, -0.25) is 0 Å². The third-order valence-electron chi connectivity index (χ3n) is 12.2. The Kier molecular flexibility index (Phi) is 9.80. The lowest BCUT2D eigenvalue weighted by Crippen LogP contribution is -2.26. The molecule has 12 rings (SSSR count). The van der Waals surface area contributed by atoms with Crippen molar-refractivity contribution >= 4 is 11.1 Å². The van der Waals surface area contributed by atoms with E-state index in [1.165, 1.54) is 89.1 Å². The van der Waals surface area contributed by atoms with Gasteiger partial charge in [-0.2, -0.15) is 0 Å². The van der Waals surface area contributed by atoms with Crippen molar-refractivity contribution in [2.45, 2.75) is 37.5 Å². The molecule has 0 radical (unpaired) electrons. The summed E-state index contributed by atoms with van der Waals surface area (Å²) in [6.45, 7) is 4.00. The fraction of sp³-hybridized carbons (Fsp3) is 0.158. The van der Waals surface area contributed by atoms with Crippen LogP contribution in [0.5, 0.6) is 0 Å². The molecule has 1 heteroatoms. The van der Waals surface area contributed by atoms with Crippen LogP contribution in [0.4, 0.5) is 0 Å². The third-order valence-corrected chi connectivity index (χ3v) is 12.2. The molecule has 6 aromatic rings. The lowest BCUT2D eigenvalue weighted by Gasteiger charge is -2.31. The van der Waals surface area contributed by atoms with Gasteiger partial charge in [0.25, 0.3) is 0 Å². The minimum absolute atomic E-state index is 0.190. The van der Waals surface area contributed by atoms with Gasteiger partial charge in [-0.25, -0.2) is 0 Å². The Morgan fingerprint density at radius 3 is 0.845 bits per heavy atom. The van der Waals surface area contributed by atoms with Gasteiger partial charge in [0.1, 0.15) is 0 Å². The van der Waals surface area contributed by atoms with Crippen molar-refractivity contribution in [3.05, 3.63) is 250 Å². The van der Waals surface area contributed by atoms with E-state index < -0.39 is 0 Å². The van der Waals surface area contributed by atoms with Crippen LogP contribution in [-0.2, 0) is 10.8 Å². The highest BCUT2D eigenvalue weighted by molar-refractivity contribution is 5.99. The minimum atomic E-state index is -0.190. The molecular formula is C57H51N. The lowest BCUT2D eigenvalue weighted by atomic mass is 9.69. The molecule has 0 fully saturated rings. The second-order valence-corrected chi connectivity index (χ2v) is 15.9. The Bertz CT molecular complexity index is 2460. The first kappa shape index (κ1) is 37.3. The van der Waals surface area contributed by atoms with E-state index in [-0.39, 0.29) is 10.8 Å². The molecule has 284 valence electrons. The van der Waals surface area contributed by atoms with Crippen molar-refractivity contribution in [2.24, 2.45) is 0 Å². The first-order valence-corrected chi connectivity index (χ1v) is 20.9. The van der Waals surface area contributed by atoms with E-state index in [9.17, 15) is 0 Å². The summed E-state index contributed by atoms with van der Waals surface area (Å²) in [7, 11) is 6.00. The fourth-order valence-corrected chi connectivity index (χ4v) is 10.4. The molecule has 0 aromatic heterocycles. The molecule has 0 N–H and O–H groups in total. The van der Waals surface area contributed by atoms with Crippen LogP contribution in [0.15, 0.2) is 205 Å². The average molecular weight is 750 g/mol. The van der Waals surface area contributed by atoms with Crippen molar-refractivity contribution in [2.75, 3.05) is 21.1 Å². The summed E-state index contributed by atoms with van der Waals surface area (Å²) < 4.78 is 0. The predicted molar refractivity (Wildman–Crippen MR) is 247 cm³/mol. The lowest BCUT2D eigenvalue weighted by molar-refractivity contribution is 0.505.